The molecule has 0 bridgehead atoms. The number of rotatable bonds is 6. The van der Waals surface area contributed by atoms with Crippen LogP contribution in [0.2, 0.25) is 5.02 Å². The molecule has 1 heterocycles. The van der Waals surface area contributed by atoms with E-state index in [9.17, 15) is 4.79 Å². The number of halogens is 1. The van der Waals surface area contributed by atoms with E-state index in [2.05, 4.69) is 29.4 Å². The summed E-state index contributed by atoms with van der Waals surface area (Å²) in [4.78, 5) is 12.6. The molecule has 1 N–H and O–H groups in total. The normalized spacial score (nSPS) is 12.2. The second-order valence-electron chi connectivity index (χ2n) is 6.37. The van der Waals surface area contributed by atoms with Crippen molar-refractivity contribution >= 4 is 35.0 Å². The molecule has 3 aromatic rings. The Hall–Kier alpha value is -2.31. The number of nitrogens with one attached hydrogen (secondary N) is 1. The van der Waals surface area contributed by atoms with Crippen LogP contribution in [-0.2, 0) is 4.79 Å². The Morgan fingerprint density at radius 1 is 1.11 bits per heavy atom. The minimum Gasteiger partial charge on any atom is -0.411 e. The van der Waals surface area contributed by atoms with Crippen LogP contribution in [0.4, 0.5) is 5.69 Å². The van der Waals surface area contributed by atoms with Crippen molar-refractivity contribution in [2.24, 2.45) is 0 Å². The van der Waals surface area contributed by atoms with E-state index >= 15 is 0 Å². The zero-order valence-electron chi connectivity index (χ0n) is 15.3. The lowest BCUT2D eigenvalue weighted by atomic mass is 10.0. The fraction of sp³-hybridized carbons (Fsp3) is 0.250. The highest BCUT2D eigenvalue weighted by Gasteiger charge is 2.20. The van der Waals surface area contributed by atoms with Gasteiger partial charge in [0.2, 0.25) is 11.8 Å². The van der Waals surface area contributed by atoms with Crippen LogP contribution in [0.3, 0.4) is 0 Å². The average Bonchev–Trinajstić information content (AvgIpc) is 3.10. The van der Waals surface area contributed by atoms with Crippen molar-refractivity contribution in [3.05, 3.63) is 59.1 Å². The number of carbonyl (C=O) groups is 1. The van der Waals surface area contributed by atoms with Gasteiger partial charge in [-0.05, 0) is 42.7 Å². The number of hydrogen-bond donors (Lipinski definition) is 1. The van der Waals surface area contributed by atoms with E-state index in [4.69, 9.17) is 16.0 Å². The van der Waals surface area contributed by atoms with E-state index < -0.39 is 5.25 Å². The number of thioether (sulfide) groups is 1. The van der Waals surface area contributed by atoms with Crippen LogP contribution in [0.25, 0.3) is 11.5 Å². The molecule has 0 saturated carbocycles. The second kappa shape index (κ2) is 8.59. The predicted molar refractivity (Wildman–Crippen MR) is 109 cm³/mol. The van der Waals surface area contributed by atoms with Crippen LogP contribution in [-0.4, -0.2) is 21.4 Å². The van der Waals surface area contributed by atoms with E-state index in [1.54, 1.807) is 19.1 Å². The number of nitrogens with zero attached hydrogens (tertiary/aromatic N) is 2. The summed E-state index contributed by atoms with van der Waals surface area (Å²) in [5.41, 5.74) is 2.67. The van der Waals surface area contributed by atoms with Crippen LogP contribution < -0.4 is 5.32 Å². The molecule has 0 aliphatic carbocycles. The highest BCUT2D eigenvalue weighted by atomic mass is 35.5. The van der Waals surface area contributed by atoms with Gasteiger partial charge in [0.05, 0.1) is 5.25 Å². The molecule has 1 unspecified atom stereocenters. The molecule has 3 rings (SSSR count). The Bertz CT molecular complexity index is 942. The van der Waals surface area contributed by atoms with Gasteiger partial charge >= 0.3 is 0 Å². The van der Waals surface area contributed by atoms with Gasteiger partial charge < -0.3 is 9.73 Å². The number of aromatic nitrogens is 2. The highest BCUT2D eigenvalue weighted by Crippen LogP contribution is 2.29. The first-order valence-electron chi connectivity index (χ1n) is 8.60. The smallest absolute Gasteiger partial charge is 0.277 e. The Kier molecular flexibility index (Phi) is 6.19. The van der Waals surface area contributed by atoms with E-state index in [0.717, 1.165) is 16.8 Å². The molecule has 1 atom stereocenters. The number of para-hydroxylation sites is 1. The van der Waals surface area contributed by atoms with Crippen LogP contribution in [0.1, 0.15) is 32.3 Å². The van der Waals surface area contributed by atoms with Crippen molar-refractivity contribution in [3.8, 4) is 11.5 Å². The van der Waals surface area contributed by atoms with Gasteiger partial charge in [-0.25, -0.2) is 0 Å². The van der Waals surface area contributed by atoms with Gasteiger partial charge in [-0.1, -0.05) is 61.5 Å². The molecule has 0 radical (unpaired) electrons. The number of hydrogen-bond acceptors (Lipinski definition) is 5. The van der Waals surface area contributed by atoms with Crippen LogP contribution in [0, 0.1) is 0 Å². The van der Waals surface area contributed by atoms with E-state index in [0.29, 0.717) is 22.1 Å². The summed E-state index contributed by atoms with van der Waals surface area (Å²) in [6, 6.07) is 15.0. The molecule has 27 heavy (non-hydrogen) atoms. The topological polar surface area (TPSA) is 68.0 Å². The Balaban J connectivity index is 1.67. The third-order valence-corrected chi connectivity index (χ3v) is 5.13. The molecule has 2 aromatic carbocycles. The van der Waals surface area contributed by atoms with Crippen LogP contribution in [0.5, 0.6) is 0 Å². The molecule has 0 aliphatic heterocycles. The molecule has 0 aliphatic rings. The standard InChI is InChI=1S/C20H20ClN3O2S/c1-12(2)16-9-4-5-10-17(16)22-18(25)13(3)27-20-24-23-19(26-20)14-7-6-8-15(21)11-14/h4-13H,1-3H3,(H,22,25). The van der Waals surface area contributed by atoms with E-state index in [-0.39, 0.29) is 5.91 Å². The molecule has 5 nitrogen and oxygen atoms in total. The molecule has 0 fully saturated rings. The van der Waals surface area contributed by atoms with Crippen molar-refractivity contribution in [2.75, 3.05) is 5.32 Å². The van der Waals surface area contributed by atoms with Gasteiger partial charge in [0.1, 0.15) is 0 Å². The van der Waals surface area contributed by atoms with Crippen molar-refractivity contribution in [1.29, 1.82) is 0 Å². The summed E-state index contributed by atoms with van der Waals surface area (Å²) < 4.78 is 5.66. The number of carbonyl (C=O) groups excluding carboxylic acids is 1. The van der Waals surface area contributed by atoms with Crippen LogP contribution in [0.15, 0.2) is 58.2 Å². The molecule has 140 valence electrons. The Labute approximate surface area is 167 Å². The molecule has 7 heteroatoms. The van der Waals surface area contributed by atoms with Crippen molar-refractivity contribution < 1.29 is 9.21 Å². The molecule has 0 saturated heterocycles. The van der Waals surface area contributed by atoms with Gasteiger partial charge in [0.15, 0.2) is 0 Å². The molecular formula is C20H20ClN3O2S. The minimum absolute atomic E-state index is 0.115. The first kappa shape index (κ1) is 19.5. The summed E-state index contributed by atoms with van der Waals surface area (Å²) in [7, 11) is 0. The minimum atomic E-state index is -0.391. The Morgan fingerprint density at radius 3 is 2.63 bits per heavy atom. The van der Waals surface area contributed by atoms with Crippen molar-refractivity contribution in [1.82, 2.24) is 10.2 Å². The summed E-state index contributed by atoms with van der Waals surface area (Å²) in [5, 5.41) is 11.6. The second-order valence-corrected chi connectivity index (χ2v) is 8.10. The zero-order valence-corrected chi connectivity index (χ0v) is 16.8. The lowest BCUT2D eigenvalue weighted by molar-refractivity contribution is -0.115. The van der Waals surface area contributed by atoms with Gasteiger partial charge in [-0.2, -0.15) is 0 Å². The molecule has 1 amide bonds. The molecule has 1 aromatic heterocycles. The third-order valence-electron chi connectivity index (χ3n) is 3.97. The van der Waals surface area contributed by atoms with Crippen LogP contribution >= 0.6 is 23.4 Å². The molecule has 0 spiro atoms. The fourth-order valence-corrected chi connectivity index (χ4v) is 3.42. The lowest BCUT2D eigenvalue weighted by Crippen LogP contribution is -2.23. The quantitative estimate of drug-likeness (QED) is 0.542. The number of amides is 1. The maximum atomic E-state index is 12.6. The maximum Gasteiger partial charge on any atom is 0.277 e. The van der Waals surface area contributed by atoms with Gasteiger partial charge in [-0.3, -0.25) is 4.79 Å². The van der Waals surface area contributed by atoms with E-state index in [1.165, 1.54) is 11.8 Å². The summed E-state index contributed by atoms with van der Waals surface area (Å²) >= 11 is 7.21. The molecular weight excluding hydrogens is 382 g/mol. The van der Waals surface area contributed by atoms with Gasteiger partial charge in [0, 0.05) is 16.3 Å². The summed E-state index contributed by atoms with van der Waals surface area (Å²) in [6.07, 6.45) is 0. The highest BCUT2D eigenvalue weighted by molar-refractivity contribution is 8.00. The average molecular weight is 402 g/mol. The van der Waals surface area contributed by atoms with Gasteiger partial charge in [0.25, 0.3) is 5.22 Å². The van der Waals surface area contributed by atoms with Crippen molar-refractivity contribution in [2.45, 2.75) is 37.2 Å². The van der Waals surface area contributed by atoms with Crippen molar-refractivity contribution in [3.63, 3.8) is 0 Å². The maximum absolute atomic E-state index is 12.6. The lowest BCUT2D eigenvalue weighted by Gasteiger charge is -2.15. The number of benzene rings is 2. The largest absolute Gasteiger partial charge is 0.411 e. The van der Waals surface area contributed by atoms with E-state index in [1.807, 2.05) is 36.4 Å². The number of anilines is 1. The first-order chi connectivity index (χ1) is 12.9. The summed E-state index contributed by atoms with van der Waals surface area (Å²) in [6.45, 7) is 6.00. The third kappa shape index (κ3) is 4.90. The zero-order chi connectivity index (χ0) is 19.4. The SMILES string of the molecule is CC(Sc1nnc(-c2cccc(Cl)c2)o1)C(=O)Nc1ccccc1C(C)C. The first-order valence-corrected chi connectivity index (χ1v) is 9.85. The fourth-order valence-electron chi connectivity index (χ4n) is 2.55. The summed E-state index contributed by atoms with van der Waals surface area (Å²) in [5.74, 6) is 0.578. The Morgan fingerprint density at radius 2 is 1.89 bits per heavy atom. The predicted octanol–water partition coefficient (Wildman–Crippen LogP) is 5.63. The monoisotopic (exact) mass is 401 g/mol. The van der Waals surface area contributed by atoms with Gasteiger partial charge in [-0.15, -0.1) is 10.2 Å².